The Morgan fingerprint density at radius 1 is 1.05 bits per heavy atom. The van der Waals surface area contributed by atoms with E-state index >= 15 is 0 Å². The summed E-state index contributed by atoms with van der Waals surface area (Å²) in [6.45, 7) is 17.9. The second-order valence-corrected chi connectivity index (χ2v) is 13.4. The van der Waals surface area contributed by atoms with E-state index in [0.717, 1.165) is 30.8 Å². The van der Waals surface area contributed by atoms with Crippen LogP contribution in [-0.4, -0.2) is 33.1 Å². The highest BCUT2D eigenvalue weighted by Gasteiger charge is 2.52. The summed E-state index contributed by atoms with van der Waals surface area (Å²) in [6, 6.07) is 0. The molecular weight excluding hydrogens is 456 g/mol. The lowest BCUT2D eigenvalue weighted by Gasteiger charge is -2.46. The fourth-order valence-corrected chi connectivity index (χ4v) is 8.58. The Hall–Kier alpha value is -0.900. The number of aliphatic hydroxyl groups excluding tert-OH is 2. The van der Waals surface area contributed by atoms with Gasteiger partial charge in [0.2, 0.25) is 0 Å². The second kappa shape index (κ2) is 13.0. The summed E-state index contributed by atoms with van der Waals surface area (Å²) >= 11 is 0. The minimum Gasteiger partial charge on any atom is -0.390 e. The summed E-state index contributed by atoms with van der Waals surface area (Å²) in [4.78, 5) is 0. The van der Waals surface area contributed by atoms with Crippen LogP contribution in [0.3, 0.4) is 0 Å². The lowest BCUT2D eigenvalue weighted by Crippen LogP contribution is -2.40. The molecule has 0 aliphatic heterocycles. The minimum absolute atomic E-state index is 0.336. The van der Waals surface area contributed by atoms with E-state index in [1.54, 1.807) is 5.57 Å². The first-order chi connectivity index (χ1) is 17.5. The molecule has 0 bridgehead atoms. The van der Waals surface area contributed by atoms with E-state index in [4.69, 9.17) is 0 Å². The van der Waals surface area contributed by atoms with Gasteiger partial charge in [0.15, 0.2) is 0 Å². The van der Waals surface area contributed by atoms with Gasteiger partial charge in [0.25, 0.3) is 0 Å². The zero-order chi connectivity index (χ0) is 27.4. The molecule has 3 fully saturated rings. The molecule has 0 radical (unpaired) electrons. The molecule has 3 aliphatic carbocycles. The molecule has 0 unspecified atom stereocenters. The van der Waals surface area contributed by atoms with E-state index in [0.29, 0.717) is 47.5 Å². The van der Waals surface area contributed by atoms with Crippen molar-refractivity contribution < 1.29 is 15.3 Å². The maximum Gasteiger partial charge on any atom is 0.0809 e. The lowest BCUT2D eigenvalue weighted by molar-refractivity contribution is -0.0360. The Labute approximate surface area is 228 Å². The Bertz CT molecular complexity index is 805. The molecule has 0 aromatic carbocycles. The van der Waals surface area contributed by atoms with Gasteiger partial charge in [-0.2, -0.15) is 0 Å². The first-order valence-electron chi connectivity index (χ1n) is 15.7. The van der Waals surface area contributed by atoms with E-state index in [1.807, 2.05) is 0 Å². The zero-order valence-corrected chi connectivity index (χ0v) is 24.9. The van der Waals surface area contributed by atoms with Gasteiger partial charge < -0.3 is 15.3 Å². The van der Waals surface area contributed by atoms with Crippen LogP contribution >= 0.6 is 0 Å². The Kier molecular flexibility index (Phi) is 10.7. The first kappa shape index (κ1) is 30.6. The van der Waals surface area contributed by atoms with Crippen molar-refractivity contribution in [1.82, 2.24) is 0 Å². The summed E-state index contributed by atoms with van der Waals surface area (Å²) in [5.41, 5.74) is 3.11. The van der Waals surface area contributed by atoms with Gasteiger partial charge in [0.1, 0.15) is 0 Å². The van der Waals surface area contributed by atoms with Crippen LogP contribution in [0, 0.1) is 35.0 Å². The molecule has 0 amide bonds. The molecule has 3 N–H and O–H groups in total. The standard InChI is InChI=1S/C34H58O3/c1-8-11-13-28(20-23(4)34(37,9-2)10-3)24(5)29-17-18-30-27(14-12-19-33(29,30)7)16-15-26-21-31(35)25(6)32(36)22-26/h15-16,23-24,28-32,35-37H,6,8-14,17-22H2,1-5,7H3/b27-16+/t23-,24+,28-,29+,30-,31+,32+,33+/m0/s1. The van der Waals surface area contributed by atoms with Crippen LogP contribution in [0.25, 0.3) is 0 Å². The van der Waals surface area contributed by atoms with Gasteiger partial charge in [-0.3, -0.25) is 0 Å². The normalized spacial score (nSPS) is 34.4. The van der Waals surface area contributed by atoms with E-state index in [9.17, 15) is 15.3 Å². The molecule has 3 nitrogen and oxygen atoms in total. The maximum absolute atomic E-state index is 11.3. The van der Waals surface area contributed by atoms with Crippen LogP contribution in [0.2, 0.25) is 0 Å². The van der Waals surface area contributed by atoms with Crippen molar-refractivity contribution >= 4 is 0 Å². The van der Waals surface area contributed by atoms with Crippen LogP contribution in [0.15, 0.2) is 35.5 Å². The smallest absolute Gasteiger partial charge is 0.0809 e. The predicted molar refractivity (Wildman–Crippen MR) is 156 cm³/mol. The van der Waals surface area contributed by atoms with Gasteiger partial charge in [-0.1, -0.05) is 90.7 Å². The minimum atomic E-state index is -0.623. The van der Waals surface area contributed by atoms with E-state index < -0.39 is 17.8 Å². The molecule has 0 aromatic rings. The molecule has 3 rings (SSSR count). The summed E-state index contributed by atoms with van der Waals surface area (Å²) in [5.74, 6) is 3.07. The van der Waals surface area contributed by atoms with E-state index in [1.165, 1.54) is 51.4 Å². The van der Waals surface area contributed by atoms with Crippen molar-refractivity contribution in [3.63, 3.8) is 0 Å². The number of rotatable bonds is 11. The Balaban J connectivity index is 1.78. The van der Waals surface area contributed by atoms with E-state index in [2.05, 4.69) is 60.3 Å². The molecule has 0 aromatic heterocycles. The Morgan fingerprint density at radius 3 is 2.30 bits per heavy atom. The largest absolute Gasteiger partial charge is 0.390 e. The predicted octanol–water partition coefficient (Wildman–Crippen LogP) is 8.15. The van der Waals surface area contributed by atoms with Crippen molar-refractivity contribution in [3.05, 3.63) is 35.5 Å². The number of hydrogen-bond donors (Lipinski definition) is 3. The van der Waals surface area contributed by atoms with Crippen LogP contribution in [-0.2, 0) is 0 Å². The van der Waals surface area contributed by atoms with Gasteiger partial charge in [-0.05, 0) is 105 Å². The molecular formula is C34H58O3. The van der Waals surface area contributed by atoms with Gasteiger partial charge >= 0.3 is 0 Å². The lowest BCUT2D eigenvalue weighted by atomic mass is 9.58. The highest BCUT2D eigenvalue weighted by atomic mass is 16.3. The highest BCUT2D eigenvalue weighted by Crippen LogP contribution is 2.61. The molecule has 8 atom stereocenters. The zero-order valence-electron chi connectivity index (χ0n) is 24.9. The summed E-state index contributed by atoms with van der Waals surface area (Å²) in [7, 11) is 0. The van der Waals surface area contributed by atoms with Crippen LogP contribution in [0.1, 0.15) is 125 Å². The summed E-state index contributed by atoms with van der Waals surface area (Å²) in [5, 5.41) is 31.8. The second-order valence-electron chi connectivity index (χ2n) is 13.4. The average molecular weight is 515 g/mol. The fourth-order valence-electron chi connectivity index (χ4n) is 8.58. The average Bonchev–Trinajstić information content (AvgIpc) is 3.24. The third kappa shape index (κ3) is 6.64. The SMILES string of the molecule is C=C1[C@H](O)CC(=C/C=C2\CCC[C@]3(C)[C@@H]([C@H](C)[C@@H](CCCC)C[C@H](C)C(O)(CC)CC)CC[C@@H]23)C[C@H]1O. The molecule has 212 valence electrons. The van der Waals surface area contributed by atoms with Crippen LogP contribution in [0.5, 0.6) is 0 Å². The van der Waals surface area contributed by atoms with Crippen molar-refractivity contribution in [3.8, 4) is 0 Å². The van der Waals surface area contributed by atoms with Crippen molar-refractivity contribution in [2.24, 2.45) is 35.0 Å². The van der Waals surface area contributed by atoms with Crippen LogP contribution < -0.4 is 0 Å². The highest BCUT2D eigenvalue weighted by molar-refractivity contribution is 5.29. The molecule has 3 saturated carbocycles. The van der Waals surface area contributed by atoms with Crippen molar-refractivity contribution in [2.75, 3.05) is 0 Å². The monoisotopic (exact) mass is 514 g/mol. The molecule has 0 heterocycles. The van der Waals surface area contributed by atoms with Gasteiger partial charge in [0, 0.05) is 0 Å². The molecule has 0 spiro atoms. The first-order valence-corrected chi connectivity index (χ1v) is 15.7. The van der Waals surface area contributed by atoms with Gasteiger partial charge in [-0.25, -0.2) is 0 Å². The van der Waals surface area contributed by atoms with Crippen molar-refractivity contribution in [2.45, 2.75) is 143 Å². The fraction of sp³-hybridized carbons (Fsp3) is 0.824. The molecule has 3 aliphatic rings. The quantitative estimate of drug-likeness (QED) is 0.244. The maximum atomic E-state index is 11.3. The third-order valence-corrected chi connectivity index (χ3v) is 11.4. The molecule has 3 heteroatoms. The van der Waals surface area contributed by atoms with Crippen LogP contribution in [0.4, 0.5) is 0 Å². The third-order valence-electron chi connectivity index (χ3n) is 11.4. The number of aliphatic hydroxyl groups is 3. The Morgan fingerprint density at radius 2 is 1.70 bits per heavy atom. The van der Waals surface area contributed by atoms with Gasteiger partial charge in [0.05, 0.1) is 17.8 Å². The van der Waals surface area contributed by atoms with Gasteiger partial charge in [-0.15, -0.1) is 0 Å². The number of fused-ring (bicyclic) bond motifs is 1. The summed E-state index contributed by atoms with van der Waals surface area (Å²) < 4.78 is 0. The number of unbranched alkanes of at least 4 members (excludes halogenated alkanes) is 1. The summed E-state index contributed by atoms with van der Waals surface area (Å²) in [6.07, 6.45) is 17.5. The van der Waals surface area contributed by atoms with Crippen molar-refractivity contribution in [1.29, 1.82) is 0 Å². The van der Waals surface area contributed by atoms with E-state index in [-0.39, 0.29) is 0 Å². The molecule has 0 saturated heterocycles. The number of allylic oxidation sites excluding steroid dienone is 3. The molecule has 37 heavy (non-hydrogen) atoms. The number of hydrogen-bond acceptors (Lipinski definition) is 3. The topological polar surface area (TPSA) is 60.7 Å².